The fourth-order valence-corrected chi connectivity index (χ4v) is 3.99. The number of nitrogens with zero attached hydrogens (tertiary/aromatic N) is 5. The minimum absolute atomic E-state index is 0.630. The molecule has 2 aliphatic rings. The Kier molecular flexibility index (Phi) is 5.96. The van der Waals surface area contributed by atoms with E-state index >= 15 is 0 Å². The van der Waals surface area contributed by atoms with Gasteiger partial charge in [-0.1, -0.05) is 0 Å². The number of guanidine groups is 1. The molecule has 1 aromatic rings. The van der Waals surface area contributed by atoms with Crippen LogP contribution in [0.25, 0.3) is 0 Å². The lowest BCUT2D eigenvalue weighted by atomic mass is 10.1. The van der Waals surface area contributed by atoms with Crippen LogP contribution in [0.3, 0.4) is 0 Å². The maximum absolute atomic E-state index is 5.47. The number of aromatic nitrogens is 2. The zero-order valence-corrected chi connectivity index (χ0v) is 16.1. The highest BCUT2D eigenvalue weighted by molar-refractivity contribution is 5.80. The molecular weight excluding hydrogens is 316 g/mol. The Bertz CT molecular complexity index is 605. The molecule has 0 bridgehead atoms. The third-order valence-corrected chi connectivity index (χ3v) is 5.55. The Morgan fingerprint density at radius 2 is 2.04 bits per heavy atom. The summed E-state index contributed by atoms with van der Waals surface area (Å²) in [6, 6.07) is 0.630. The summed E-state index contributed by atoms with van der Waals surface area (Å²) in [5.74, 6) is 1.02. The Labute approximate surface area is 151 Å². The van der Waals surface area contributed by atoms with Gasteiger partial charge in [0.2, 0.25) is 0 Å². The maximum atomic E-state index is 5.47. The van der Waals surface area contributed by atoms with Crippen molar-refractivity contribution < 1.29 is 4.74 Å². The van der Waals surface area contributed by atoms with Gasteiger partial charge < -0.3 is 15.0 Å². The largest absolute Gasteiger partial charge is 0.379 e. The fraction of sp³-hybridized carbons (Fsp3) is 0.778. The van der Waals surface area contributed by atoms with Gasteiger partial charge in [-0.05, 0) is 32.3 Å². The molecule has 1 atom stereocenters. The van der Waals surface area contributed by atoms with E-state index in [-0.39, 0.29) is 0 Å². The molecule has 140 valence electrons. The Hall–Kier alpha value is -1.60. The van der Waals surface area contributed by atoms with Gasteiger partial charge in [0.15, 0.2) is 5.96 Å². The summed E-state index contributed by atoms with van der Waals surface area (Å²) in [6.07, 6.45) is 2.19. The maximum Gasteiger partial charge on any atom is 0.193 e. The number of hydrogen-bond acceptors (Lipinski definition) is 4. The minimum atomic E-state index is 0.630. The van der Waals surface area contributed by atoms with Crippen LogP contribution < -0.4 is 5.32 Å². The second-order valence-electron chi connectivity index (χ2n) is 7.03. The van der Waals surface area contributed by atoms with Crippen molar-refractivity contribution in [3.63, 3.8) is 0 Å². The number of ether oxygens (including phenoxy) is 1. The lowest BCUT2D eigenvalue weighted by molar-refractivity contribution is 0.0195. The van der Waals surface area contributed by atoms with Gasteiger partial charge in [0.05, 0.1) is 18.9 Å². The van der Waals surface area contributed by atoms with E-state index in [0.29, 0.717) is 6.04 Å². The Morgan fingerprint density at radius 1 is 1.28 bits per heavy atom. The summed E-state index contributed by atoms with van der Waals surface area (Å²) in [4.78, 5) is 9.46. The van der Waals surface area contributed by atoms with Crippen molar-refractivity contribution in [2.24, 2.45) is 12.0 Å². The van der Waals surface area contributed by atoms with Crippen molar-refractivity contribution in [1.29, 1.82) is 0 Å². The molecule has 0 spiro atoms. The van der Waals surface area contributed by atoms with Crippen molar-refractivity contribution in [2.75, 3.05) is 53.0 Å². The Balaban J connectivity index is 1.50. The van der Waals surface area contributed by atoms with Crippen LogP contribution in [0.4, 0.5) is 0 Å². The highest BCUT2D eigenvalue weighted by atomic mass is 16.5. The van der Waals surface area contributed by atoms with Gasteiger partial charge in [-0.2, -0.15) is 5.10 Å². The molecule has 0 aromatic carbocycles. The molecular formula is C18H32N6O. The molecule has 2 fully saturated rings. The van der Waals surface area contributed by atoms with Crippen LogP contribution in [0.5, 0.6) is 0 Å². The zero-order chi connectivity index (χ0) is 17.8. The minimum Gasteiger partial charge on any atom is -0.379 e. The lowest BCUT2D eigenvalue weighted by Crippen LogP contribution is -2.46. The molecule has 0 radical (unpaired) electrons. The molecule has 2 saturated heterocycles. The lowest BCUT2D eigenvalue weighted by Gasteiger charge is -2.32. The van der Waals surface area contributed by atoms with Crippen LogP contribution in [0.15, 0.2) is 4.99 Å². The molecule has 1 N–H and O–H groups in total. The molecule has 1 unspecified atom stereocenters. The van der Waals surface area contributed by atoms with Crippen LogP contribution in [0.1, 0.15) is 23.4 Å². The van der Waals surface area contributed by atoms with Crippen LogP contribution in [-0.2, 0) is 18.2 Å². The average molecular weight is 348 g/mol. The molecule has 2 aliphatic heterocycles. The van der Waals surface area contributed by atoms with E-state index in [1.54, 1.807) is 0 Å². The number of morpholine rings is 1. The number of hydrogen-bond donors (Lipinski definition) is 1. The third-order valence-electron chi connectivity index (χ3n) is 5.55. The van der Waals surface area contributed by atoms with E-state index in [0.717, 1.165) is 64.0 Å². The van der Waals surface area contributed by atoms with Crippen LogP contribution >= 0.6 is 0 Å². The molecule has 1 aromatic heterocycles. The van der Waals surface area contributed by atoms with Gasteiger partial charge >= 0.3 is 0 Å². The smallest absolute Gasteiger partial charge is 0.193 e. The topological polar surface area (TPSA) is 57.9 Å². The first kappa shape index (κ1) is 18.2. The molecule has 0 aliphatic carbocycles. The third kappa shape index (κ3) is 4.15. The highest BCUT2D eigenvalue weighted by Crippen LogP contribution is 2.17. The van der Waals surface area contributed by atoms with E-state index in [2.05, 4.69) is 39.1 Å². The summed E-state index contributed by atoms with van der Waals surface area (Å²) in [6.45, 7) is 11.1. The summed E-state index contributed by atoms with van der Waals surface area (Å²) in [5.41, 5.74) is 3.73. The monoisotopic (exact) mass is 348 g/mol. The second kappa shape index (κ2) is 8.19. The zero-order valence-electron chi connectivity index (χ0n) is 16.1. The first-order valence-corrected chi connectivity index (χ1v) is 9.36. The van der Waals surface area contributed by atoms with Crippen molar-refractivity contribution in [3.05, 3.63) is 17.0 Å². The van der Waals surface area contributed by atoms with E-state index < -0.39 is 0 Å². The normalized spacial score (nSPS) is 22.6. The molecule has 25 heavy (non-hydrogen) atoms. The van der Waals surface area contributed by atoms with Crippen molar-refractivity contribution in [2.45, 2.75) is 32.7 Å². The highest BCUT2D eigenvalue weighted by Gasteiger charge is 2.30. The first-order chi connectivity index (χ1) is 12.1. The number of likely N-dealkylation sites (tertiary alicyclic amines) is 1. The SMILES string of the molecule is CN=C(NCCc1c(C)nn(C)c1C)N1CCC(N2CCOCC2)C1. The predicted molar refractivity (Wildman–Crippen MR) is 100 cm³/mol. The summed E-state index contributed by atoms with van der Waals surface area (Å²) in [5, 5.41) is 8.04. The van der Waals surface area contributed by atoms with E-state index in [4.69, 9.17) is 4.74 Å². The van der Waals surface area contributed by atoms with Gasteiger partial charge in [0.25, 0.3) is 0 Å². The van der Waals surface area contributed by atoms with E-state index in [9.17, 15) is 0 Å². The summed E-state index contributed by atoms with van der Waals surface area (Å²) in [7, 11) is 3.89. The number of nitrogens with one attached hydrogen (secondary N) is 1. The van der Waals surface area contributed by atoms with Crippen LogP contribution in [0, 0.1) is 13.8 Å². The van der Waals surface area contributed by atoms with Gasteiger partial charge in [-0.3, -0.25) is 14.6 Å². The molecule has 0 amide bonds. The molecule has 3 heterocycles. The van der Waals surface area contributed by atoms with Gasteiger partial charge in [0, 0.05) is 58.6 Å². The van der Waals surface area contributed by atoms with Crippen molar-refractivity contribution in [3.8, 4) is 0 Å². The number of aryl methyl sites for hydroxylation is 2. The number of aliphatic imine (C=N–C) groups is 1. The van der Waals surface area contributed by atoms with E-state index in [1.807, 2.05) is 18.8 Å². The van der Waals surface area contributed by atoms with Crippen molar-refractivity contribution >= 4 is 5.96 Å². The average Bonchev–Trinajstić information content (AvgIpc) is 3.20. The van der Waals surface area contributed by atoms with Crippen molar-refractivity contribution in [1.82, 2.24) is 24.9 Å². The van der Waals surface area contributed by atoms with Gasteiger partial charge in [0.1, 0.15) is 0 Å². The Morgan fingerprint density at radius 3 is 2.68 bits per heavy atom. The standard InChI is InChI=1S/C18H32N6O/c1-14-17(15(2)22(4)21-14)5-7-20-18(19-3)24-8-6-16(13-24)23-9-11-25-12-10-23/h16H,5-13H2,1-4H3,(H,19,20). The van der Waals surface area contributed by atoms with Gasteiger partial charge in [-0.15, -0.1) is 0 Å². The van der Waals surface area contributed by atoms with Gasteiger partial charge in [-0.25, -0.2) is 0 Å². The predicted octanol–water partition coefficient (Wildman–Crippen LogP) is 0.561. The van der Waals surface area contributed by atoms with Crippen LogP contribution in [-0.4, -0.2) is 84.6 Å². The van der Waals surface area contributed by atoms with E-state index in [1.165, 1.54) is 17.7 Å². The molecule has 3 rings (SSSR count). The van der Waals surface area contributed by atoms with Crippen LogP contribution in [0.2, 0.25) is 0 Å². The molecule has 7 nitrogen and oxygen atoms in total. The summed E-state index contributed by atoms with van der Waals surface area (Å²) >= 11 is 0. The fourth-order valence-electron chi connectivity index (χ4n) is 3.99. The number of rotatable bonds is 4. The molecule has 0 saturated carbocycles. The first-order valence-electron chi connectivity index (χ1n) is 9.36. The second-order valence-corrected chi connectivity index (χ2v) is 7.03. The summed E-state index contributed by atoms with van der Waals surface area (Å²) < 4.78 is 7.44. The molecule has 7 heteroatoms. The quantitative estimate of drug-likeness (QED) is 0.637.